The molecule has 1 atom stereocenters. The van der Waals surface area contributed by atoms with Gasteiger partial charge in [-0.1, -0.05) is 48.9 Å². The number of hydrogen-bond acceptors (Lipinski definition) is 3. The molecule has 21 heavy (non-hydrogen) atoms. The number of carbonyl (C=O) groups excluding carboxylic acids is 1. The van der Waals surface area contributed by atoms with Crippen molar-refractivity contribution in [1.29, 1.82) is 0 Å². The Hall–Kier alpha value is -1.65. The molecule has 0 saturated carbocycles. The molecule has 0 spiro atoms. The lowest BCUT2D eigenvalue weighted by atomic mass is 9.92. The normalized spacial score (nSPS) is 12.4. The van der Waals surface area contributed by atoms with Crippen LogP contribution in [0.5, 0.6) is 0 Å². The number of halogens is 1. The molecule has 0 fully saturated rings. The summed E-state index contributed by atoms with van der Waals surface area (Å²) in [5.41, 5.74) is 8.32. The van der Waals surface area contributed by atoms with Crippen LogP contribution in [0, 0.1) is 0 Å². The van der Waals surface area contributed by atoms with E-state index in [9.17, 15) is 4.79 Å². The smallest absolute Gasteiger partial charge is 0.147 e. The molecule has 0 saturated heterocycles. The molecule has 0 bridgehead atoms. The Morgan fingerprint density at radius 1 is 1.38 bits per heavy atom. The molecule has 1 heterocycles. The van der Waals surface area contributed by atoms with Gasteiger partial charge in [-0.3, -0.25) is 9.48 Å². The first-order valence-electron chi connectivity index (χ1n) is 7.06. The molecule has 0 radical (unpaired) electrons. The van der Waals surface area contributed by atoms with Crippen LogP contribution in [0.15, 0.2) is 30.3 Å². The van der Waals surface area contributed by atoms with Crippen molar-refractivity contribution in [2.75, 3.05) is 6.54 Å². The van der Waals surface area contributed by atoms with E-state index >= 15 is 0 Å². The summed E-state index contributed by atoms with van der Waals surface area (Å²) in [6.45, 7) is 2.28. The fourth-order valence-corrected chi connectivity index (χ4v) is 2.80. The predicted molar refractivity (Wildman–Crippen MR) is 84.5 cm³/mol. The summed E-state index contributed by atoms with van der Waals surface area (Å²) in [5, 5.41) is 4.94. The number of rotatable bonds is 6. The van der Waals surface area contributed by atoms with Gasteiger partial charge in [0.05, 0.1) is 28.7 Å². The third-order valence-corrected chi connectivity index (χ3v) is 4.11. The maximum Gasteiger partial charge on any atom is 0.147 e. The molecule has 1 aromatic heterocycles. The average Bonchev–Trinajstić information content (AvgIpc) is 2.76. The second kappa shape index (κ2) is 6.87. The van der Waals surface area contributed by atoms with Crippen molar-refractivity contribution in [2.24, 2.45) is 12.8 Å². The molecule has 2 rings (SSSR count). The quantitative estimate of drug-likeness (QED) is 0.892. The second-order valence-electron chi connectivity index (χ2n) is 5.03. The monoisotopic (exact) mass is 305 g/mol. The molecule has 0 aliphatic carbocycles. The third-order valence-electron chi connectivity index (χ3n) is 3.67. The van der Waals surface area contributed by atoms with Crippen LogP contribution in [0.1, 0.15) is 29.8 Å². The molecular formula is C16H20ClN3O. The molecule has 5 heteroatoms. The van der Waals surface area contributed by atoms with E-state index in [-0.39, 0.29) is 18.1 Å². The summed E-state index contributed by atoms with van der Waals surface area (Å²) < 4.78 is 1.69. The van der Waals surface area contributed by atoms with Crippen molar-refractivity contribution in [3.05, 3.63) is 52.3 Å². The summed E-state index contributed by atoms with van der Waals surface area (Å²) in [5.74, 6) is -0.238. The number of aryl methyl sites for hydroxylation is 2. The summed E-state index contributed by atoms with van der Waals surface area (Å²) in [6, 6.07) is 9.61. The van der Waals surface area contributed by atoms with Crippen LogP contribution in [-0.4, -0.2) is 22.1 Å². The Kier molecular flexibility index (Phi) is 5.15. The number of ketones is 1. The van der Waals surface area contributed by atoms with Crippen molar-refractivity contribution in [3.8, 4) is 0 Å². The van der Waals surface area contributed by atoms with Crippen molar-refractivity contribution in [1.82, 2.24) is 9.78 Å². The zero-order valence-electron chi connectivity index (χ0n) is 12.3. The summed E-state index contributed by atoms with van der Waals surface area (Å²) in [7, 11) is 1.81. The lowest BCUT2D eigenvalue weighted by Gasteiger charge is -2.14. The Bertz CT molecular complexity index is 622. The van der Waals surface area contributed by atoms with Gasteiger partial charge in [-0.2, -0.15) is 5.10 Å². The van der Waals surface area contributed by atoms with Crippen LogP contribution in [0.3, 0.4) is 0 Å². The van der Waals surface area contributed by atoms with Crippen LogP contribution >= 0.6 is 11.6 Å². The zero-order valence-corrected chi connectivity index (χ0v) is 13.1. The van der Waals surface area contributed by atoms with Crippen LogP contribution in [0.25, 0.3) is 0 Å². The Morgan fingerprint density at radius 2 is 2.05 bits per heavy atom. The fraction of sp³-hybridized carbons (Fsp3) is 0.375. The van der Waals surface area contributed by atoms with Gasteiger partial charge in [0.2, 0.25) is 0 Å². The van der Waals surface area contributed by atoms with E-state index in [0.717, 1.165) is 23.4 Å². The molecule has 2 N–H and O–H groups in total. The molecular weight excluding hydrogens is 286 g/mol. The number of nitrogens with zero attached hydrogens (tertiary/aromatic N) is 2. The SMILES string of the molecule is CCc1nn(C)c(CC(=O)C(CN)c2ccccc2)c1Cl. The van der Waals surface area contributed by atoms with Gasteiger partial charge in [0, 0.05) is 13.6 Å². The van der Waals surface area contributed by atoms with Gasteiger partial charge >= 0.3 is 0 Å². The van der Waals surface area contributed by atoms with Crippen LogP contribution in [-0.2, 0) is 24.7 Å². The highest BCUT2D eigenvalue weighted by Gasteiger charge is 2.23. The first-order chi connectivity index (χ1) is 10.1. The number of Topliss-reactive ketones (excluding diaryl/α,β-unsaturated/α-hetero) is 1. The Labute approximate surface area is 129 Å². The van der Waals surface area contributed by atoms with Crippen molar-refractivity contribution in [3.63, 3.8) is 0 Å². The summed E-state index contributed by atoms with van der Waals surface area (Å²) >= 11 is 6.30. The highest BCUT2D eigenvalue weighted by atomic mass is 35.5. The van der Waals surface area contributed by atoms with Gasteiger partial charge in [-0.15, -0.1) is 0 Å². The van der Waals surface area contributed by atoms with Crippen molar-refractivity contribution < 1.29 is 4.79 Å². The fourth-order valence-electron chi connectivity index (χ4n) is 2.44. The minimum absolute atomic E-state index is 0.0660. The lowest BCUT2D eigenvalue weighted by molar-refractivity contribution is -0.119. The van der Waals surface area contributed by atoms with E-state index in [4.69, 9.17) is 17.3 Å². The first-order valence-corrected chi connectivity index (χ1v) is 7.44. The molecule has 0 aliphatic rings. The minimum Gasteiger partial charge on any atom is -0.329 e. The van der Waals surface area contributed by atoms with Gasteiger partial charge in [0.1, 0.15) is 5.78 Å². The maximum absolute atomic E-state index is 12.6. The molecule has 2 aromatic rings. The number of benzene rings is 1. The average molecular weight is 306 g/mol. The summed E-state index contributed by atoms with van der Waals surface area (Å²) in [4.78, 5) is 12.6. The van der Waals surface area contributed by atoms with E-state index < -0.39 is 0 Å². The number of carbonyl (C=O) groups is 1. The van der Waals surface area contributed by atoms with Gasteiger partial charge in [0.15, 0.2) is 0 Å². The largest absolute Gasteiger partial charge is 0.329 e. The number of aromatic nitrogens is 2. The highest BCUT2D eigenvalue weighted by molar-refractivity contribution is 6.32. The topological polar surface area (TPSA) is 60.9 Å². The lowest BCUT2D eigenvalue weighted by Crippen LogP contribution is -2.24. The second-order valence-corrected chi connectivity index (χ2v) is 5.40. The van der Waals surface area contributed by atoms with E-state index in [0.29, 0.717) is 11.6 Å². The van der Waals surface area contributed by atoms with E-state index in [1.165, 1.54) is 0 Å². The van der Waals surface area contributed by atoms with Crippen LogP contribution in [0.4, 0.5) is 0 Å². The van der Waals surface area contributed by atoms with Gasteiger partial charge in [-0.05, 0) is 12.0 Å². The van der Waals surface area contributed by atoms with Gasteiger partial charge in [0.25, 0.3) is 0 Å². The van der Waals surface area contributed by atoms with E-state index in [2.05, 4.69) is 5.10 Å². The van der Waals surface area contributed by atoms with Crippen LogP contribution < -0.4 is 5.73 Å². The predicted octanol–water partition coefficient (Wildman–Crippen LogP) is 2.49. The van der Waals surface area contributed by atoms with E-state index in [1.54, 1.807) is 4.68 Å². The van der Waals surface area contributed by atoms with E-state index in [1.807, 2.05) is 44.3 Å². The molecule has 1 unspecified atom stereocenters. The van der Waals surface area contributed by atoms with Gasteiger partial charge < -0.3 is 5.73 Å². The molecule has 112 valence electrons. The molecule has 1 aromatic carbocycles. The summed E-state index contributed by atoms with van der Waals surface area (Å²) in [6.07, 6.45) is 0.999. The third kappa shape index (κ3) is 3.34. The van der Waals surface area contributed by atoms with Crippen LogP contribution in [0.2, 0.25) is 5.02 Å². The molecule has 4 nitrogen and oxygen atoms in total. The first kappa shape index (κ1) is 15.7. The Morgan fingerprint density at radius 3 is 2.57 bits per heavy atom. The zero-order chi connectivity index (χ0) is 15.4. The Balaban J connectivity index is 2.23. The molecule has 0 aliphatic heterocycles. The standard InChI is InChI=1S/C16H20ClN3O/c1-3-13-16(17)14(20(2)19-13)9-15(21)12(10-18)11-7-5-4-6-8-11/h4-8,12H,3,9-10,18H2,1-2H3. The van der Waals surface area contributed by atoms with Gasteiger partial charge in [-0.25, -0.2) is 0 Å². The number of hydrogen-bond donors (Lipinski definition) is 1. The maximum atomic E-state index is 12.6. The number of nitrogens with two attached hydrogens (primary N) is 1. The van der Waals surface area contributed by atoms with Crippen molar-refractivity contribution in [2.45, 2.75) is 25.7 Å². The highest BCUT2D eigenvalue weighted by Crippen LogP contribution is 2.24. The molecule has 0 amide bonds. The minimum atomic E-state index is -0.303. The van der Waals surface area contributed by atoms with Crippen molar-refractivity contribution >= 4 is 17.4 Å².